The summed E-state index contributed by atoms with van der Waals surface area (Å²) < 4.78 is 62.2. The van der Waals surface area contributed by atoms with Gasteiger partial charge in [-0.1, -0.05) is 0 Å². The maximum atomic E-state index is 15.7. The second-order valence-corrected chi connectivity index (χ2v) is 10.3. The van der Waals surface area contributed by atoms with Crippen LogP contribution in [0.25, 0.3) is 11.5 Å². The third-order valence-electron chi connectivity index (χ3n) is 7.00. The molecule has 4 atom stereocenters. The number of H-pyrrole nitrogens is 1. The van der Waals surface area contributed by atoms with E-state index in [2.05, 4.69) is 4.98 Å². The van der Waals surface area contributed by atoms with Crippen molar-refractivity contribution in [3.63, 3.8) is 0 Å². The number of rotatable bonds is 4. The summed E-state index contributed by atoms with van der Waals surface area (Å²) in [6.45, 7) is 0. The van der Waals surface area contributed by atoms with Crippen molar-refractivity contribution in [3.05, 3.63) is 52.8 Å². The van der Waals surface area contributed by atoms with Gasteiger partial charge >= 0.3 is 11.9 Å². The van der Waals surface area contributed by atoms with E-state index in [1.807, 2.05) is 0 Å². The van der Waals surface area contributed by atoms with Gasteiger partial charge in [-0.25, -0.2) is 9.18 Å². The average Bonchev–Trinajstić information content (AvgIpc) is 3.51. The van der Waals surface area contributed by atoms with E-state index in [1.54, 1.807) is 6.07 Å². The van der Waals surface area contributed by atoms with Crippen molar-refractivity contribution in [3.8, 4) is 0 Å². The molecule has 12 heteroatoms. The molecule has 1 saturated carbocycles. The Labute approximate surface area is 194 Å². The second kappa shape index (κ2) is 7.98. The zero-order valence-electron chi connectivity index (χ0n) is 18.2. The number of hydrogen-bond donors (Lipinski definition) is 3. The van der Waals surface area contributed by atoms with Gasteiger partial charge in [0.25, 0.3) is 5.56 Å². The quantitative estimate of drug-likeness (QED) is 0.540. The highest BCUT2D eigenvalue weighted by atomic mass is 32.1. The van der Waals surface area contributed by atoms with Crippen molar-refractivity contribution >= 4 is 22.8 Å². The molecule has 0 radical (unpaired) electrons. The number of hydrogen-bond acceptors (Lipinski definition) is 6. The Kier molecular flexibility index (Phi) is 5.43. The molecule has 0 aliphatic heterocycles. The van der Waals surface area contributed by atoms with Crippen LogP contribution in [0.1, 0.15) is 46.5 Å². The number of halogens is 4. The van der Waals surface area contributed by atoms with Crippen LogP contribution in [-0.2, 0) is 17.6 Å². The monoisotopic (exact) mass is 500 g/mol. The van der Waals surface area contributed by atoms with E-state index in [-0.39, 0.29) is 40.9 Å². The summed E-state index contributed by atoms with van der Waals surface area (Å²) >= 11 is 1.30. The highest BCUT2D eigenvalue weighted by Gasteiger charge is 2.44. The molecule has 7 nitrogen and oxygen atoms in total. The molecule has 2 heterocycles. The van der Waals surface area contributed by atoms with E-state index in [4.69, 9.17) is 16.2 Å². The van der Waals surface area contributed by atoms with Gasteiger partial charge in [0.2, 0.25) is 0 Å². The number of methoxy groups -OCH3 is 1. The van der Waals surface area contributed by atoms with Crippen LogP contribution in [0.15, 0.2) is 15.7 Å². The number of ether oxygens (including phenoxy) is 1. The van der Waals surface area contributed by atoms with E-state index in [9.17, 15) is 22.8 Å². The standard InChI is InChI=1S/C22H24F4N4O3S/c1-33-18-13(12-7-9-6-8(2-5-11(9)34-12)19(28)22(24,25)26)15(23)16(27)14-17(18)30(10-3-4-10)21(32)29-20(14)31/h7-8,10,13,15,19H,2-6,27-28H2,1H3,(H,29,31,32). The van der Waals surface area contributed by atoms with Crippen molar-refractivity contribution in [1.29, 1.82) is 0 Å². The Morgan fingerprint density at radius 2 is 1.97 bits per heavy atom. The topological polar surface area (TPSA) is 116 Å². The fourth-order valence-corrected chi connectivity index (χ4v) is 6.47. The van der Waals surface area contributed by atoms with E-state index >= 15 is 4.39 Å². The Bertz CT molecular complexity index is 1390. The summed E-state index contributed by atoms with van der Waals surface area (Å²) in [7, 11) is 1.34. The SMILES string of the molecule is COC1=c2c(c(=O)[nH]c(=O)n2C2CC2)=C(N)C(F)C1c1cc2c(s1)CCC(C(N)C(F)(F)F)C2. The molecule has 184 valence electrons. The van der Waals surface area contributed by atoms with Crippen molar-refractivity contribution < 1.29 is 22.3 Å². The Hall–Kier alpha value is -2.60. The second-order valence-electron chi connectivity index (χ2n) is 9.15. The Balaban J connectivity index is 1.65. The molecule has 0 aromatic carbocycles. The maximum absolute atomic E-state index is 15.7. The lowest BCUT2D eigenvalue weighted by atomic mass is 9.82. The van der Waals surface area contributed by atoms with E-state index in [1.165, 1.54) is 23.0 Å². The first kappa shape index (κ1) is 23.2. The van der Waals surface area contributed by atoms with Gasteiger partial charge in [-0.15, -0.1) is 11.3 Å². The number of nitrogens with zero attached hydrogens (tertiary/aromatic N) is 1. The predicted molar refractivity (Wildman–Crippen MR) is 118 cm³/mol. The molecule has 4 unspecified atom stereocenters. The van der Waals surface area contributed by atoms with Crippen LogP contribution in [0, 0.1) is 5.92 Å². The minimum absolute atomic E-state index is 0.107. The number of aromatic amines is 1. The van der Waals surface area contributed by atoms with Crippen LogP contribution in [0.4, 0.5) is 17.6 Å². The molecule has 0 spiro atoms. The van der Waals surface area contributed by atoms with Gasteiger partial charge < -0.3 is 16.2 Å². The number of aromatic nitrogens is 2. The van der Waals surface area contributed by atoms with Crippen LogP contribution in [0.2, 0.25) is 0 Å². The minimum Gasteiger partial charge on any atom is -0.498 e. The third kappa shape index (κ3) is 3.58. The number of fused-ring (bicyclic) bond motifs is 2. The molecule has 2 aromatic rings. The van der Waals surface area contributed by atoms with Gasteiger partial charge in [-0.05, 0) is 49.7 Å². The molecule has 5 rings (SSSR count). The first-order valence-corrected chi connectivity index (χ1v) is 11.8. The zero-order valence-corrected chi connectivity index (χ0v) is 19.1. The first-order valence-electron chi connectivity index (χ1n) is 11.0. The van der Waals surface area contributed by atoms with Gasteiger partial charge in [-0.3, -0.25) is 14.3 Å². The first-order chi connectivity index (χ1) is 16.0. The number of nitrogens with one attached hydrogen (secondary N) is 1. The smallest absolute Gasteiger partial charge is 0.403 e. The molecular formula is C22H24F4N4O3S. The van der Waals surface area contributed by atoms with E-state index in [0.29, 0.717) is 16.9 Å². The summed E-state index contributed by atoms with van der Waals surface area (Å²) in [5, 5.41) is 0.0723. The van der Waals surface area contributed by atoms with E-state index < -0.39 is 41.5 Å². The van der Waals surface area contributed by atoms with Crippen LogP contribution in [-0.4, -0.2) is 35.1 Å². The summed E-state index contributed by atoms with van der Waals surface area (Å²) in [5.74, 6) is -1.66. The lowest BCUT2D eigenvalue weighted by Gasteiger charge is -2.28. The summed E-state index contributed by atoms with van der Waals surface area (Å²) in [6, 6.07) is -0.380. The molecule has 2 aromatic heterocycles. The summed E-state index contributed by atoms with van der Waals surface area (Å²) in [6.07, 6.45) is -4.00. The minimum atomic E-state index is -4.49. The molecule has 5 N–H and O–H groups in total. The number of alkyl halides is 4. The average molecular weight is 501 g/mol. The normalized spacial score (nSPS) is 25.6. The van der Waals surface area contributed by atoms with Crippen LogP contribution >= 0.6 is 11.3 Å². The lowest BCUT2D eigenvalue weighted by Crippen LogP contribution is -2.60. The molecule has 0 amide bonds. The van der Waals surface area contributed by atoms with Gasteiger partial charge in [-0.2, -0.15) is 13.2 Å². The molecule has 3 aliphatic carbocycles. The lowest BCUT2D eigenvalue weighted by molar-refractivity contribution is -0.159. The fraction of sp³-hybridized carbons (Fsp3) is 0.545. The molecule has 1 fully saturated rings. The Morgan fingerprint density at radius 1 is 1.26 bits per heavy atom. The maximum Gasteiger partial charge on any atom is 0.403 e. The van der Waals surface area contributed by atoms with Gasteiger partial charge in [0.15, 0.2) is 6.17 Å². The Morgan fingerprint density at radius 3 is 2.59 bits per heavy atom. The number of thiophene rings is 1. The summed E-state index contributed by atoms with van der Waals surface area (Å²) in [4.78, 5) is 28.8. The number of aryl methyl sites for hydroxylation is 1. The van der Waals surface area contributed by atoms with Crippen molar-refractivity contribution in [2.45, 2.75) is 62.5 Å². The molecule has 34 heavy (non-hydrogen) atoms. The highest BCUT2D eigenvalue weighted by Crippen LogP contribution is 2.43. The molecule has 0 saturated heterocycles. The zero-order chi connectivity index (χ0) is 24.5. The van der Waals surface area contributed by atoms with Gasteiger partial charge in [0.05, 0.1) is 29.3 Å². The highest BCUT2D eigenvalue weighted by molar-refractivity contribution is 7.12. The van der Waals surface area contributed by atoms with Crippen molar-refractivity contribution in [2.75, 3.05) is 7.11 Å². The molecular weight excluding hydrogens is 476 g/mol. The van der Waals surface area contributed by atoms with Gasteiger partial charge in [0, 0.05) is 15.8 Å². The van der Waals surface area contributed by atoms with Crippen molar-refractivity contribution in [1.82, 2.24) is 9.55 Å². The van der Waals surface area contributed by atoms with Crippen LogP contribution < -0.4 is 33.3 Å². The predicted octanol–water partition coefficient (Wildman–Crippen LogP) is 0.885. The fourth-order valence-electron chi connectivity index (χ4n) is 5.14. The largest absolute Gasteiger partial charge is 0.498 e. The van der Waals surface area contributed by atoms with Crippen LogP contribution in [0.3, 0.4) is 0 Å². The van der Waals surface area contributed by atoms with Crippen molar-refractivity contribution in [2.24, 2.45) is 17.4 Å². The molecule has 3 aliphatic rings. The summed E-state index contributed by atoms with van der Waals surface area (Å²) in [5.41, 5.74) is 10.6. The van der Waals surface area contributed by atoms with Gasteiger partial charge in [0.1, 0.15) is 11.8 Å². The van der Waals surface area contributed by atoms with Crippen LogP contribution in [0.5, 0.6) is 0 Å². The van der Waals surface area contributed by atoms with E-state index in [0.717, 1.165) is 17.7 Å². The number of nitrogens with two attached hydrogens (primary N) is 2. The molecule has 0 bridgehead atoms. The third-order valence-corrected chi connectivity index (χ3v) is 8.32.